The SMILES string of the molecule is Cc1nc2c(s1)C[C@]1(C)CC[C@@H]([C@H](C)C(=O)NCCN3CCOCC3)[C@H](O)[C@H]1[C@@H]2C. The highest BCUT2D eigenvalue weighted by molar-refractivity contribution is 7.11. The first-order valence-corrected chi connectivity index (χ1v) is 12.3. The molecule has 1 saturated heterocycles. The molecule has 6 atom stereocenters. The Kier molecular flexibility index (Phi) is 6.54. The predicted molar refractivity (Wildman–Crippen MR) is 119 cm³/mol. The maximum atomic E-state index is 12.9. The minimum absolute atomic E-state index is 0.00944. The van der Waals surface area contributed by atoms with Gasteiger partial charge in [0.15, 0.2) is 0 Å². The second-order valence-corrected chi connectivity index (χ2v) is 11.2. The van der Waals surface area contributed by atoms with Crippen LogP contribution in [0.15, 0.2) is 0 Å². The molecule has 2 N–H and O–H groups in total. The number of nitrogens with one attached hydrogen (secondary N) is 1. The van der Waals surface area contributed by atoms with Gasteiger partial charge >= 0.3 is 0 Å². The molecule has 7 heteroatoms. The van der Waals surface area contributed by atoms with Crippen molar-refractivity contribution in [2.24, 2.45) is 23.2 Å². The largest absolute Gasteiger partial charge is 0.392 e. The summed E-state index contributed by atoms with van der Waals surface area (Å²) in [6.45, 7) is 13.6. The maximum absolute atomic E-state index is 12.9. The van der Waals surface area contributed by atoms with Crippen molar-refractivity contribution in [2.75, 3.05) is 39.4 Å². The van der Waals surface area contributed by atoms with Crippen molar-refractivity contribution in [1.82, 2.24) is 15.2 Å². The van der Waals surface area contributed by atoms with Crippen LogP contribution in [0.5, 0.6) is 0 Å². The van der Waals surface area contributed by atoms with Gasteiger partial charge in [-0.3, -0.25) is 9.69 Å². The summed E-state index contributed by atoms with van der Waals surface area (Å²) in [5.74, 6) is 0.298. The molecule has 0 radical (unpaired) electrons. The normalized spacial score (nSPS) is 35.4. The quantitative estimate of drug-likeness (QED) is 0.744. The molecule has 2 aliphatic carbocycles. The first-order chi connectivity index (χ1) is 14.3. The lowest BCUT2D eigenvalue weighted by molar-refractivity contribution is -0.134. The molecule has 4 rings (SSSR count). The highest BCUT2D eigenvalue weighted by Gasteiger charge is 2.53. The topological polar surface area (TPSA) is 74.7 Å². The van der Waals surface area contributed by atoms with Crippen LogP contribution in [0.1, 0.15) is 55.1 Å². The van der Waals surface area contributed by atoms with Gasteiger partial charge in [-0.05, 0) is 43.4 Å². The fraction of sp³-hybridized carbons (Fsp3) is 0.826. The predicted octanol–water partition coefficient (Wildman–Crippen LogP) is 2.59. The van der Waals surface area contributed by atoms with Crippen LogP contribution in [0.3, 0.4) is 0 Å². The van der Waals surface area contributed by atoms with Crippen LogP contribution in [0, 0.1) is 30.1 Å². The molecule has 0 aromatic carbocycles. The highest BCUT2D eigenvalue weighted by atomic mass is 32.1. The number of nitrogens with zero attached hydrogens (tertiary/aromatic N) is 2. The van der Waals surface area contributed by atoms with Gasteiger partial charge in [-0.25, -0.2) is 4.98 Å². The molecule has 0 bridgehead atoms. The summed E-state index contributed by atoms with van der Waals surface area (Å²) in [4.78, 5) is 21.4. The Morgan fingerprint density at radius 1 is 1.43 bits per heavy atom. The molecule has 2 fully saturated rings. The number of amides is 1. The monoisotopic (exact) mass is 435 g/mol. The third-order valence-electron chi connectivity index (χ3n) is 7.92. The fourth-order valence-corrected chi connectivity index (χ4v) is 7.42. The van der Waals surface area contributed by atoms with E-state index in [1.165, 1.54) is 10.6 Å². The lowest BCUT2D eigenvalue weighted by atomic mass is 9.53. The van der Waals surface area contributed by atoms with Crippen LogP contribution in [-0.2, 0) is 16.0 Å². The molecule has 30 heavy (non-hydrogen) atoms. The number of hydrogen-bond donors (Lipinski definition) is 2. The number of thiazole rings is 1. The van der Waals surface area contributed by atoms with Crippen molar-refractivity contribution in [3.05, 3.63) is 15.6 Å². The van der Waals surface area contributed by atoms with Gasteiger partial charge in [-0.15, -0.1) is 11.3 Å². The van der Waals surface area contributed by atoms with Gasteiger partial charge in [0, 0.05) is 42.9 Å². The number of hydrogen-bond acceptors (Lipinski definition) is 6. The Hall–Kier alpha value is -1.02. The van der Waals surface area contributed by atoms with Crippen LogP contribution >= 0.6 is 11.3 Å². The summed E-state index contributed by atoms with van der Waals surface area (Å²) >= 11 is 1.81. The Balaban J connectivity index is 1.39. The van der Waals surface area contributed by atoms with Crippen LogP contribution < -0.4 is 5.32 Å². The van der Waals surface area contributed by atoms with Crippen molar-refractivity contribution in [2.45, 2.75) is 59.0 Å². The number of aliphatic hydroxyl groups excluding tert-OH is 1. The first-order valence-electron chi connectivity index (χ1n) is 11.5. The second kappa shape index (κ2) is 8.85. The van der Waals surface area contributed by atoms with Gasteiger partial charge in [-0.1, -0.05) is 20.8 Å². The van der Waals surface area contributed by atoms with E-state index in [0.717, 1.165) is 57.1 Å². The smallest absolute Gasteiger partial charge is 0.223 e. The lowest BCUT2D eigenvalue weighted by Gasteiger charge is -2.53. The molecule has 2 heterocycles. The van der Waals surface area contributed by atoms with E-state index < -0.39 is 6.10 Å². The highest BCUT2D eigenvalue weighted by Crippen LogP contribution is 2.57. The molecular weight excluding hydrogens is 398 g/mol. The van der Waals surface area contributed by atoms with Crippen molar-refractivity contribution >= 4 is 17.2 Å². The molecular formula is C23H37N3O3S. The minimum Gasteiger partial charge on any atom is -0.392 e. The van der Waals surface area contributed by atoms with Gasteiger partial charge in [0.05, 0.1) is 30.0 Å². The van der Waals surface area contributed by atoms with E-state index in [2.05, 4.69) is 31.0 Å². The molecule has 0 unspecified atom stereocenters. The number of ether oxygens (including phenoxy) is 1. The minimum atomic E-state index is -0.464. The van der Waals surface area contributed by atoms with E-state index in [0.29, 0.717) is 6.54 Å². The van der Waals surface area contributed by atoms with Crippen LogP contribution in [-0.4, -0.2) is 66.4 Å². The number of fused-ring (bicyclic) bond motifs is 2. The molecule has 0 spiro atoms. The Bertz CT molecular complexity index is 763. The number of morpholine rings is 1. The zero-order chi connectivity index (χ0) is 21.5. The zero-order valence-electron chi connectivity index (χ0n) is 18.8. The number of aromatic nitrogens is 1. The van der Waals surface area contributed by atoms with Crippen LogP contribution in [0.4, 0.5) is 0 Å². The molecule has 3 aliphatic rings. The Labute approximate surface area is 184 Å². The van der Waals surface area contributed by atoms with Gasteiger partial charge in [-0.2, -0.15) is 0 Å². The summed E-state index contributed by atoms with van der Waals surface area (Å²) in [5, 5.41) is 15.7. The summed E-state index contributed by atoms with van der Waals surface area (Å²) in [6.07, 6.45) is 2.51. The standard InChI is InChI=1S/C23H37N3O3S/c1-14(22(28)24-7-8-26-9-11-29-12-10-26)17-5-6-23(4)13-18-20(25-16(3)30-18)15(2)19(23)21(17)27/h14-15,17,19,21,27H,5-13H2,1-4H3,(H,24,28)/t14-,15-,17-,19+,21-,23-/m0/s1. The number of carbonyl (C=O) groups excluding carboxylic acids is 1. The average Bonchev–Trinajstić information content (AvgIpc) is 3.08. The van der Waals surface area contributed by atoms with Gasteiger partial charge in [0.25, 0.3) is 0 Å². The third-order valence-corrected chi connectivity index (χ3v) is 8.90. The Morgan fingerprint density at radius 2 is 2.17 bits per heavy atom. The molecule has 1 aromatic rings. The van der Waals surface area contributed by atoms with Crippen molar-refractivity contribution in [1.29, 1.82) is 0 Å². The maximum Gasteiger partial charge on any atom is 0.223 e. The van der Waals surface area contributed by atoms with Crippen LogP contribution in [0.25, 0.3) is 0 Å². The van der Waals surface area contributed by atoms with E-state index in [4.69, 9.17) is 9.72 Å². The van der Waals surface area contributed by atoms with Gasteiger partial charge in [0.1, 0.15) is 0 Å². The molecule has 1 aliphatic heterocycles. The average molecular weight is 436 g/mol. The molecule has 1 aromatic heterocycles. The number of aliphatic hydroxyl groups is 1. The van der Waals surface area contributed by atoms with E-state index >= 15 is 0 Å². The Morgan fingerprint density at radius 3 is 2.90 bits per heavy atom. The van der Waals surface area contributed by atoms with E-state index in [1.807, 2.05) is 18.3 Å². The third kappa shape index (κ3) is 4.18. The molecule has 168 valence electrons. The number of rotatable bonds is 5. The number of carbonyl (C=O) groups is 1. The first kappa shape index (κ1) is 22.2. The van der Waals surface area contributed by atoms with Gasteiger partial charge in [0.2, 0.25) is 5.91 Å². The fourth-order valence-electron chi connectivity index (χ4n) is 6.19. The lowest BCUT2D eigenvalue weighted by Crippen LogP contribution is -2.53. The van der Waals surface area contributed by atoms with Crippen LogP contribution in [0.2, 0.25) is 0 Å². The van der Waals surface area contributed by atoms with Crippen molar-refractivity contribution < 1.29 is 14.6 Å². The van der Waals surface area contributed by atoms with Crippen molar-refractivity contribution in [3.63, 3.8) is 0 Å². The van der Waals surface area contributed by atoms with E-state index in [1.54, 1.807) is 0 Å². The van der Waals surface area contributed by atoms with E-state index in [9.17, 15) is 9.90 Å². The molecule has 1 amide bonds. The zero-order valence-corrected chi connectivity index (χ0v) is 19.6. The van der Waals surface area contributed by atoms with Gasteiger partial charge < -0.3 is 15.2 Å². The summed E-state index contributed by atoms with van der Waals surface area (Å²) in [5.41, 5.74) is 1.27. The van der Waals surface area contributed by atoms with E-state index in [-0.39, 0.29) is 35.0 Å². The summed E-state index contributed by atoms with van der Waals surface area (Å²) in [6, 6.07) is 0. The molecule has 6 nitrogen and oxygen atoms in total. The molecule has 1 saturated carbocycles. The number of aryl methyl sites for hydroxylation is 1. The summed E-state index contributed by atoms with van der Waals surface area (Å²) in [7, 11) is 0. The second-order valence-electron chi connectivity index (χ2n) is 9.91. The van der Waals surface area contributed by atoms with Crippen molar-refractivity contribution in [3.8, 4) is 0 Å². The summed E-state index contributed by atoms with van der Waals surface area (Å²) < 4.78 is 5.38.